The van der Waals surface area contributed by atoms with E-state index in [1.54, 1.807) is 0 Å². The van der Waals surface area contributed by atoms with Gasteiger partial charge in [0.05, 0.1) is 16.6 Å². The fraction of sp³-hybridized carbons (Fsp3) is 0. The van der Waals surface area contributed by atoms with Crippen molar-refractivity contribution in [2.24, 2.45) is 0 Å². The van der Waals surface area contributed by atoms with Crippen LogP contribution in [0.15, 0.2) is 164 Å². The van der Waals surface area contributed by atoms with E-state index in [0.717, 1.165) is 44.3 Å². The number of rotatable bonds is 4. The van der Waals surface area contributed by atoms with Crippen molar-refractivity contribution in [3.05, 3.63) is 164 Å². The Bertz CT molecular complexity index is 2870. The Morgan fingerprint density at radius 2 is 1.02 bits per heavy atom. The predicted octanol–water partition coefficient (Wildman–Crippen LogP) is 10.8. The Balaban J connectivity index is 1.22. The molecule has 0 aliphatic heterocycles. The van der Waals surface area contributed by atoms with Crippen LogP contribution in [0.4, 0.5) is 0 Å². The number of fused-ring (bicyclic) bond motifs is 8. The third-order valence-electron chi connectivity index (χ3n) is 9.44. The van der Waals surface area contributed by atoms with Gasteiger partial charge in [-0.05, 0) is 57.9 Å². The van der Waals surface area contributed by atoms with Gasteiger partial charge in [0.2, 0.25) is 0 Å². The molecule has 0 aliphatic rings. The first kappa shape index (κ1) is 27.4. The van der Waals surface area contributed by atoms with Crippen molar-refractivity contribution in [3.63, 3.8) is 0 Å². The second-order valence-electron chi connectivity index (χ2n) is 12.3. The van der Waals surface area contributed by atoms with Crippen molar-refractivity contribution in [2.45, 2.75) is 0 Å². The van der Waals surface area contributed by atoms with Crippen molar-refractivity contribution in [1.82, 2.24) is 24.5 Å². The molecule has 10 aromatic rings. The summed E-state index contributed by atoms with van der Waals surface area (Å²) in [5.41, 5.74) is 6.98. The molecule has 0 radical (unpaired) electrons. The van der Waals surface area contributed by atoms with Gasteiger partial charge in [0.25, 0.3) is 0 Å². The van der Waals surface area contributed by atoms with Gasteiger partial charge in [-0.15, -0.1) is 0 Å². The summed E-state index contributed by atoms with van der Waals surface area (Å²) in [7, 11) is 0. The topological polar surface area (TPSA) is 56.5 Å². The lowest BCUT2D eigenvalue weighted by Gasteiger charge is -2.11. The molecule has 49 heavy (non-hydrogen) atoms. The Morgan fingerprint density at radius 1 is 0.388 bits per heavy atom. The largest absolute Gasteiger partial charge is 0.309 e. The molecule has 228 valence electrons. The zero-order chi connectivity index (χ0) is 32.3. The molecule has 3 heterocycles. The molecule has 0 fully saturated rings. The highest BCUT2D eigenvalue weighted by atomic mass is 15.0. The monoisotopic (exact) mass is 625 g/mol. The maximum Gasteiger partial charge on any atom is 0.165 e. The molecule has 0 unspecified atom stereocenters. The summed E-state index contributed by atoms with van der Waals surface area (Å²) in [6, 6.07) is 55.0. The average molecular weight is 626 g/mol. The normalized spacial score (nSPS) is 11.7. The van der Waals surface area contributed by atoms with Crippen molar-refractivity contribution in [3.8, 4) is 39.9 Å². The number of benzene rings is 7. The maximum atomic E-state index is 5.14. The number of pyridine rings is 1. The minimum absolute atomic E-state index is 0.583. The van der Waals surface area contributed by atoms with Crippen LogP contribution in [0.3, 0.4) is 0 Å². The summed E-state index contributed by atoms with van der Waals surface area (Å²) in [6.07, 6.45) is 1.88. The molecule has 0 atom stereocenters. The van der Waals surface area contributed by atoms with Gasteiger partial charge in [0.15, 0.2) is 17.5 Å². The predicted molar refractivity (Wildman–Crippen MR) is 201 cm³/mol. The SMILES string of the molecule is c1ccc(-c2nc(-c3cnc4ccc5ccc6ccccc6c5c4c3)nc(-c3ccc4c5ccccc5n(-c5ccccc5)c4c3)n2)cc1. The quantitative estimate of drug-likeness (QED) is 0.183. The Kier molecular flexibility index (Phi) is 6.11. The van der Waals surface area contributed by atoms with E-state index in [0.29, 0.717) is 17.5 Å². The van der Waals surface area contributed by atoms with Gasteiger partial charge >= 0.3 is 0 Å². The second-order valence-corrected chi connectivity index (χ2v) is 12.3. The molecule has 7 aromatic carbocycles. The summed E-state index contributed by atoms with van der Waals surface area (Å²) < 4.78 is 2.32. The lowest BCUT2D eigenvalue weighted by atomic mass is 9.97. The molecule has 5 heteroatoms. The first-order valence-corrected chi connectivity index (χ1v) is 16.4. The first-order valence-electron chi connectivity index (χ1n) is 16.4. The summed E-state index contributed by atoms with van der Waals surface area (Å²) >= 11 is 0. The minimum atomic E-state index is 0.583. The lowest BCUT2D eigenvalue weighted by Crippen LogP contribution is -2.01. The van der Waals surface area contributed by atoms with E-state index in [4.69, 9.17) is 19.9 Å². The Labute approximate surface area is 281 Å². The van der Waals surface area contributed by atoms with Crippen molar-refractivity contribution < 1.29 is 0 Å². The van der Waals surface area contributed by atoms with Crippen molar-refractivity contribution in [2.75, 3.05) is 0 Å². The Morgan fingerprint density at radius 3 is 1.86 bits per heavy atom. The van der Waals surface area contributed by atoms with Crippen LogP contribution < -0.4 is 0 Å². The first-order chi connectivity index (χ1) is 24.3. The summed E-state index contributed by atoms with van der Waals surface area (Å²) in [5, 5.41) is 8.21. The third-order valence-corrected chi connectivity index (χ3v) is 9.44. The molecule has 0 saturated carbocycles. The highest BCUT2D eigenvalue weighted by Crippen LogP contribution is 2.36. The van der Waals surface area contributed by atoms with E-state index >= 15 is 0 Å². The average Bonchev–Trinajstić information content (AvgIpc) is 3.51. The molecule has 0 aliphatic carbocycles. The summed E-state index contributed by atoms with van der Waals surface area (Å²) in [4.78, 5) is 20.2. The number of hydrogen-bond donors (Lipinski definition) is 0. The van der Waals surface area contributed by atoms with Gasteiger partial charge in [-0.25, -0.2) is 15.0 Å². The fourth-order valence-electron chi connectivity index (χ4n) is 7.14. The number of aromatic nitrogens is 5. The fourth-order valence-corrected chi connectivity index (χ4v) is 7.14. The molecular weight excluding hydrogens is 599 g/mol. The molecule has 0 bridgehead atoms. The highest BCUT2D eigenvalue weighted by Gasteiger charge is 2.17. The van der Waals surface area contributed by atoms with Gasteiger partial charge in [0.1, 0.15) is 0 Å². The van der Waals surface area contributed by atoms with Crippen LogP contribution in [0.25, 0.3) is 94.1 Å². The molecule has 10 rings (SSSR count). The molecule has 3 aromatic heterocycles. The van der Waals surface area contributed by atoms with Gasteiger partial charge in [-0.1, -0.05) is 121 Å². The zero-order valence-electron chi connectivity index (χ0n) is 26.3. The number of para-hydroxylation sites is 2. The van der Waals surface area contributed by atoms with E-state index in [9.17, 15) is 0 Å². The van der Waals surface area contributed by atoms with Crippen LogP contribution in [0.2, 0.25) is 0 Å². The van der Waals surface area contributed by atoms with Crippen molar-refractivity contribution in [1.29, 1.82) is 0 Å². The smallest absolute Gasteiger partial charge is 0.165 e. The third kappa shape index (κ3) is 4.48. The molecule has 0 spiro atoms. The van der Waals surface area contributed by atoms with Crippen LogP contribution in [-0.2, 0) is 0 Å². The Hall–Kier alpha value is -6.72. The van der Waals surface area contributed by atoms with Gasteiger partial charge in [-0.3, -0.25) is 4.98 Å². The van der Waals surface area contributed by atoms with Crippen LogP contribution in [0, 0.1) is 0 Å². The van der Waals surface area contributed by atoms with Gasteiger partial charge < -0.3 is 4.57 Å². The van der Waals surface area contributed by atoms with Crippen LogP contribution in [0.5, 0.6) is 0 Å². The van der Waals surface area contributed by atoms with Gasteiger partial charge in [0, 0.05) is 44.7 Å². The van der Waals surface area contributed by atoms with E-state index in [1.807, 2.05) is 42.6 Å². The van der Waals surface area contributed by atoms with E-state index in [-0.39, 0.29) is 0 Å². The minimum Gasteiger partial charge on any atom is -0.309 e. The standard InChI is InChI=1S/C44H27N5/c1-3-12-30(13-4-1)42-46-43(31-21-23-36-35-17-9-10-18-39(35)49(40(36)26-31)33-14-5-2-6-15-33)48-44(47-42)32-25-37-38(45-27-32)24-22-29-20-19-28-11-7-8-16-34(28)41(29)37/h1-27H. The zero-order valence-corrected chi connectivity index (χ0v) is 26.3. The van der Waals surface area contributed by atoms with E-state index < -0.39 is 0 Å². The van der Waals surface area contributed by atoms with Crippen LogP contribution in [0.1, 0.15) is 0 Å². The number of nitrogens with zero attached hydrogens (tertiary/aromatic N) is 5. The second kappa shape index (κ2) is 10.9. The molecule has 0 amide bonds. The highest BCUT2D eigenvalue weighted by molar-refractivity contribution is 6.20. The van der Waals surface area contributed by atoms with Crippen molar-refractivity contribution >= 4 is 54.3 Å². The maximum absolute atomic E-state index is 5.14. The van der Waals surface area contributed by atoms with Crippen LogP contribution >= 0.6 is 0 Å². The van der Waals surface area contributed by atoms with Crippen LogP contribution in [-0.4, -0.2) is 24.5 Å². The molecular formula is C44H27N5. The molecule has 5 nitrogen and oxygen atoms in total. The van der Waals surface area contributed by atoms with E-state index in [1.165, 1.54) is 32.3 Å². The molecule has 0 saturated heterocycles. The summed E-state index contributed by atoms with van der Waals surface area (Å²) in [6.45, 7) is 0. The lowest BCUT2D eigenvalue weighted by molar-refractivity contribution is 1.07. The molecule has 0 N–H and O–H groups in total. The van der Waals surface area contributed by atoms with E-state index in [2.05, 4.69) is 126 Å². The van der Waals surface area contributed by atoms with Gasteiger partial charge in [-0.2, -0.15) is 0 Å². The number of hydrogen-bond acceptors (Lipinski definition) is 4. The summed E-state index contributed by atoms with van der Waals surface area (Å²) in [5.74, 6) is 1.81.